The standard InChI is InChI=1S/C11H9ClN4/c1-6-4-13-8-3-7(12)9-11(10(8)15-6)16(2)5-14-9/h3-5H,1-2H3. The van der Waals surface area contributed by atoms with Crippen LogP contribution in [0.3, 0.4) is 0 Å². The van der Waals surface area contributed by atoms with Gasteiger partial charge in [0.05, 0.1) is 28.1 Å². The van der Waals surface area contributed by atoms with Crippen molar-refractivity contribution in [2.45, 2.75) is 6.92 Å². The van der Waals surface area contributed by atoms with E-state index in [1.165, 1.54) is 0 Å². The molecule has 4 nitrogen and oxygen atoms in total. The van der Waals surface area contributed by atoms with Crippen molar-refractivity contribution in [2.24, 2.45) is 7.05 Å². The van der Waals surface area contributed by atoms with E-state index in [9.17, 15) is 0 Å². The zero-order chi connectivity index (χ0) is 11.3. The van der Waals surface area contributed by atoms with E-state index < -0.39 is 0 Å². The zero-order valence-corrected chi connectivity index (χ0v) is 9.65. The lowest BCUT2D eigenvalue weighted by atomic mass is 10.2. The molecule has 3 aromatic rings. The molecule has 0 saturated heterocycles. The molecule has 5 heteroatoms. The highest BCUT2D eigenvalue weighted by Crippen LogP contribution is 2.28. The highest BCUT2D eigenvalue weighted by Gasteiger charge is 2.11. The van der Waals surface area contributed by atoms with E-state index in [0.29, 0.717) is 5.02 Å². The van der Waals surface area contributed by atoms with E-state index in [2.05, 4.69) is 15.0 Å². The van der Waals surface area contributed by atoms with Crippen molar-refractivity contribution < 1.29 is 0 Å². The van der Waals surface area contributed by atoms with Gasteiger partial charge in [0.15, 0.2) is 0 Å². The molecule has 0 bridgehead atoms. The Morgan fingerprint density at radius 2 is 2.06 bits per heavy atom. The van der Waals surface area contributed by atoms with E-state index in [4.69, 9.17) is 11.6 Å². The monoisotopic (exact) mass is 232 g/mol. The van der Waals surface area contributed by atoms with Crippen LogP contribution in [0.25, 0.3) is 22.1 Å². The van der Waals surface area contributed by atoms with Gasteiger partial charge in [-0.1, -0.05) is 11.6 Å². The maximum absolute atomic E-state index is 6.15. The second kappa shape index (κ2) is 3.15. The number of hydrogen-bond acceptors (Lipinski definition) is 3. The quantitative estimate of drug-likeness (QED) is 0.598. The van der Waals surface area contributed by atoms with Crippen molar-refractivity contribution in [2.75, 3.05) is 0 Å². The first-order chi connectivity index (χ1) is 7.66. The predicted molar refractivity (Wildman–Crippen MR) is 63.6 cm³/mol. The Kier molecular flexibility index (Phi) is 1.88. The molecule has 0 N–H and O–H groups in total. The Labute approximate surface area is 96.9 Å². The van der Waals surface area contributed by atoms with Gasteiger partial charge in [-0.25, -0.2) is 9.97 Å². The van der Waals surface area contributed by atoms with Crippen molar-refractivity contribution >= 4 is 33.7 Å². The Balaban J connectivity index is 2.64. The number of fused-ring (bicyclic) bond motifs is 3. The van der Waals surface area contributed by atoms with Crippen LogP contribution in [0.4, 0.5) is 0 Å². The summed E-state index contributed by atoms with van der Waals surface area (Å²) in [6, 6.07) is 1.80. The molecule has 0 aliphatic rings. The molecule has 0 fully saturated rings. The van der Waals surface area contributed by atoms with Crippen LogP contribution in [-0.2, 0) is 7.05 Å². The summed E-state index contributed by atoms with van der Waals surface area (Å²) in [7, 11) is 1.93. The molecule has 80 valence electrons. The fraction of sp³-hybridized carbons (Fsp3) is 0.182. The minimum atomic E-state index is 0.612. The molecule has 2 heterocycles. The molecule has 0 aliphatic carbocycles. The van der Waals surface area contributed by atoms with Crippen LogP contribution >= 0.6 is 11.6 Å². The van der Waals surface area contributed by atoms with Gasteiger partial charge in [0.25, 0.3) is 0 Å². The first-order valence-corrected chi connectivity index (χ1v) is 5.27. The lowest BCUT2D eigenvalue weighted by Crippen LogP contribution is -1.92. The number of aryl methyl sites for hydroxylation is 2. The van der Waals surface area contributed by atoms with Crippen LogP contribution in [0.15, 0.2) is 18.6 Å². The summed E-state index contributed by atoms with van der Waals surface area (Å²) >= 11 is 6.15. The third-order valence-electron chi connectivity index (χ3n) is 2.57. The fourth-order valence-electron chi connectivity index (χ4n) is 1.84. The molecule has 0 saturated carbocycles. The van der Waals surface area contributed by atoms with Gasteiger partial charge in [0.1, 0.15) is 11.0 Å². The average molecular weight is 233 g/mol. The van der Waals surface area contributed by atoms with Crippen molar-refractivity contribution in [3.8, 4) is 0 Å². The van der Waals surface area contributed by atoms with Gasteiger partial charge >= 0.3 is 0 Å². The molecule has 0 spiro atoms. The third-order valence-corrected chi connectivity index (χ3v) is 2.86. The number of imidazole rings is 1. The predicted octanol–water partition coefficient (Wildman–Crippen LogP) is 2.48. The summed E-state index contributed by atoms with van der Waals surface area (Å²) in [5, 5.41) is 0.612. The third kappa shape index (κ3) is 1.20. The van der Waals surface area contributed by atoms with Gasteiger partial charge in [0.2, 0.25) is 0 Å². The number of benzene rings is 1. The van der Waals surface area contributed by atoms with Crippen LogP contribution in [-0.4, -0.2) is 19.5 Å². The minimum Gasteiger partial charge on any atom is -0.332 e. The van der Waals surface area contributed by atoms with E-state index in [-0.39, 0.29) is 0 Å². The lowest BCUT2D eigenvalue weighted by Gasteiger charge is -2.03. The van der Waals surface area contributed by atoms with Crippen LogP contribution in [0, 0.1) is 6.92 Å². The summed E-state index contributed by atoms with van der Waals surface area (Å²) in [6.07, 6.45) is 3.47. The Bertz CT molecular complexity index is 702. The first-order valence-electron chi connectivity index (χ1n) is 4.89. The number of nitrogens with zero attached hydrogens (tertiary/aromatic N) is 4. The van der Waals surface area contributed by atoms with E-state index in [1.54, 1.807) is 18.6 Å². The van der Waals surface area contributed by atoms with Gasteiger partial charge in [0, 0.05) is 13.2 Å². The topological polar surface area (TPSA) is 43.6 Å². The largest absolute Gasteiger partial charge is 0.332 e. The van der Waals surface area contributed by atoms with E-state index in [0.717, 1.165) is 27.8 Å². The van der Waals surface area contributed by atoms with Crippen molar-refractivity contribution in [1.29, 1.82) is 0 Å². The highest BCUT2D eigenvalue weighted by molar-refractivity contribution is 6.36. The minimum absolute atomic E-state index is 0.612. The van der Waals surface area contributed by atoms with Crippen molar-refractivity contribution in [3.05, 3.63) is 29.3 Å². The van der Waals surface area contributed by atoms with Gasteiger partial charge in [-0.05, 0) is 13.0 Å². The molecule has 0 aliphatic heterocycles. The summed E-state index contributed by atoms with van der Waals surface area (Å²) in [6.45, 7) is 1.92. The van der Waals surface area contributed by atoms with Gasteiger partial charge in [-0.15, -0.1) is 0 Å². The van der Waals surface area contributed by atoms with Crippen LogP contribution in [0.2, 0.25) is 5.02 Å². The van der Waals surface area contributed by atoms with Crippen LogP contribution in [0.1, 0.15) is 5.69 Å². The zero-order valence-electron chi connectivity index (χ0n) is 8.90. The average Bonchev–Trinajstić information content (AvgIpc) is 2.63. The second-order valence-corrected chi connectivity index (χ2v) is 4.20. The molecule has 0 unspecified atom stereocenters. The Hall–Kier alpha value is -1.68. The Morgan fingerprint density at radius 1 is 1.25 bits per heavy atom. The molecule has 16 heavy (non-hydrogen) atoms. The molecular weight excluding hydrogens is 224 g/mol. The van der Waals surface area contributed by atoms with E-state index in [1.807, 2.05) is 18.5 Å². The second-order valence-electron chi connectivity index (χ2n) is 3.79. The maximum atomic E-state index is 6.15. The normalized spacial score (nSPS) is 11.4. The molecule has 0 radical (unpaired) electrons. The van der Waals surface area contributed by atoms with Crippen molar-refractivity contribution in [1.82, 2.24) is 19.5 Å². The van der Waals surface area contributed by atoms with Crippen LogP contribution in [0.5, 0.6) is 0 Å². The van der Waals surface area contributed by atoms with Crippen molar-refractivity contribution in [3.63, 3.8) is 0 Å². The van der Waals surface area contributed by atoms with Gasteiger partial charge < -0.3 is 4.57 Å². The summed E-state index contributed by atoms with van der Waals surface area (Å²) in [4.78, 5) is 13.1. The highest BCUT2D eigenvalue weighted by atomic mass is 35.5. The molecular formula is C11H9ClN4. The molecule has 0 atom stereocenters. The van der Waals surface area contributed by atoms with E-state index >= 15 is 0 Å². The first kappa shape index (κ1) is 9.54. The maximum Gasteiger partial charge on any atom is 0.115 e. The van der Waals surface area contributed by atoms with Crippen LogP contribution < -0.4 is 0 Å². The molecule has 0 amide bonds. The smallest absolute Gasteiger partial charge is 0.115 e. The summed E-state index contributed by atoms with van der Waals surface area (Å²) < 4.78 is 1.91. The molecule has 3 rings (SSSR count). The number of halogens is 1. The number of aromatic nitrogens is 4. The lowest BCUT2D eigenvalue weighted by molar-refractivity contribution is 0.948. The molecule has 2 aromatic heterocycles. The summed E-state index contributed by atoms with van der Waals surface area (Å²) in [5.74, 6) is 0. The number of hydrogen-bond donors (Lipinski definition) is 0. The van der Waals surface area contributed by atoms with Gasteiger partial charge in [-0.3, -0.25) is 4.98 Å². The fourth-order valence-corrected chi connectivity index (χ4v) is 2.08. The Morgan fingerprint density at radius 3 is 2.88 bits per heavy atom. The summed E-state index contributed by atoms with van der Waals surface area (Å²) in [5.41, 5.74) is 4.23. The molecule has 1 aromatic carbocycles. The SMILES string of the molecule is Cc1cnc2cc(Cl)c3ncn(C)c3c2n1. The number of rotatable bonds is 0. The van der Waals surface area contributed by atoms with Gasteiger partial charge in [-0.2, -0.15) is 0 Å².